The molecular weight excluding hydrogens is 447 g/mol. The number of amides is 1. The Kier molecular flexibility index (Phi) is 5.14. The Morgan fingerprint density at radius 2 is 2.06 bits per heavy atom. The van der Waals surface area contributed by atoms with Crippen molar-refractivity contribution in [3.63, 3.8) is 0 Å². The van der Waals surface area contributed by atoms with Gasteiger partial charge < -0.3 is 15.0 Å². The molecule has 0 atom stereocenters. The molecule has 4 heterocycles. The number of rotatable bonds is 5. The van der Waals surface area contributed by atoms with Crippen molar-refractivity contribution in [3.05, 3.63) is 65.7 Å². The molecule has 0 saturated carbocycles. The SMILES string of the molecule is CC(C)Nc1c(F)c(Cl)c(-c2cn3cc(NC(=O)c4ccccn4)nc3cn2)c2cn[nH]c12. The van der Waals surface area contributed by atoms with E-state index >= 15 is 4.39 Å². The molecule has 166 valence electrons. The van der Waals surface area contributed by atoms with Gasteiger partial charge in [-0.2, -0.15) is 5.10 Å². The van der Waals surface area contributed by atoms with E-state index in [1.165, 1.54) is 12.4 Å². The largest absolute Gasteiger partial charge is 0.379 e. The normalized spacial score (nSPS) is 11.4. The Hall–Kier alpha value is -4.05. The number of halogens is 2. The summed E-state index contributed by atoms with van der Waals surface area (Å²) in [5, 5.41) is 13.3. The standard InChI is InChI=1S/C22H18ClFN8O/c1-11(2)28-21-19(24)18(23)17(12-7-27-31-20(12)21)14-9-32-10-15(29-16(32)8-26-14)30-22(33)13-5-3-4-6-25-13/h3-11,28H,1-2H3,(H,27,31)(H,30,33). The zero-order valence-electron chi connectivity index (χ0n) is 17.6. The summed E-state index contributed by atoms with van der Waals surface area (Å²) in [4.78, 5) is 25.2. The van der Waals surface area contributed by atoms with Crippen LogP contribution in [0.3, 0.4) is 0 Å². The fraction of sp³-hybridized carbons (Fsp3) is 0.136. The third kappa shape index (κ3) is 3.74. The third-order valence-electron chi connectivity index (χ3n) is 4.96. The van der Waals surface area contributed by atoms with Gasteiger partial charge in [-0.1, -0.05) is 17.7 Å². The Bertz CT molecular complexity index is 1500. The Labute approximate surface area is 192 Å². The molecular formula is C22H18ClFN8O. The molecule has 0 aliphatic carbocycles. The predicted octanol–water partition coefficient (Wildman–Crippen LogP) is 4.53. The lowest BCUT2D eigenvalue weighted by Gasteiger charge is -2.15. The fourth-order valence-electron chi connectivity index (χ4n) is 3.55. The van der Waals surface area contributed by atoms with E-state index in [1.54, 1.807) is 41.2 Å². The number of pyridine rings is 1. The zero-order valence-corrected chi connectivity index (χ0v) is 18.4. The summed E-state index contributed by atoms with van der Waals surface area (Å²) < 4.78 is 16.9. The van der Waals surface area contributed by atoms with Gasteiger partial charge in [-0.3, -0.25) is 19.9 Å². The molecule has 0 bridgehead atoms. The first-order valence-electron chi connectivity index (χ1n) is 10.1. The molecule has 0 aliphatic rings. The lowest BCUT2D eigenvalue weighted by molar-refractivity contribution is 0.102. The van der Waals surface area contributed by atoms with Crippen molar-refractivity contribution in [2.75, 3.05) is 10.6 Å². The summed E-state index contributed by atoms with van der Waals surface area (Å²) in [7, 11) is 0. The van der Waals surface area contributed by atoms with Crippen molar-refractivity contribution in [1.82, 2.24) is 29.5 Å². The Balaban J connectivity index is 1.55. The van der Waals surface area contributed by atoms with Gasteiger partial charge in [0.05, 0.1) is 40.5 Å². The fourth-order valence-corrected chi connectivity index (χ4v) is 3.85. The number of aromatic nitrogens is 6. The molecule has 11 heteroatoms. The average Bonchev–Trinajstić information content (AvgIpc) is 3.43. The van der Waals surface area contributed by atoms with Gasteiger partial charge in [0.1, 0.15) is 5.69 Å². The first-order valence-corrected chi connectivity index (χ1v) is 10.5. The highest BCUT2D eigenvalue weighted by atomic mass is 35.5. The van der Waals surface area contributed by atoms with E-state index in [4.69, 9.17) is 11.6 Å². The van der Waals surface area contributed by atoms with Crippen LogP contribution in [0, 0.1) is 5.82 Å². The van der Waals surface area contributed by atoms with E-state index in [1.807, 2.05) is 13.8 Å². The molecule has 1 amide bonds. The number of imidazole rings is 1. The number of hydrogen-bond donors (Lipinski definition) is 3. The van der Waals surface area contributed by atoms with Crippen LogP contribution in [-0.4, -0.2) is 41.5 Å². The highest BCUT2D eigenvalue weighted by Gasteiger charge is 2.23. The minimum atomic E-state index is -0.590. The number of H-pyrrole nitrogens is 1. The third-order valence-corrected chi connectivity index (χ3v) is 5.31. The van der Waals surface area contributed by atoms with E-state index in [-0.39, 0.29) is 28.4 Å². The number of hydrogen-bond acceptors (Lipinski definition) is 6. The van der Waals surface area contributed by atoms with Crippen LogP contribution >= 0.6 is 11.6 Å². The van der Waals surface area contributed by atoms with Crippen LogP contribution in [0.15, 0.2) is 49.2 Å². The molecule has 0 fully saturated rings. The van der Waals surface area contributed by atoms with Crippen LogP contribution in [0.1, 0.15) is 24.3 Å². The molecule has 0 radical (unpaired) electrons. The van der Waals surface area contributed by atoms with Gasteiger partial charge in [0, 0.05) is 29.4 Å². The maximum Gasteiger partial charge on any atom is 0.275 e. The van der Waals surface area contributed by atoms with E-state index < -0.39 is 5.82 Å². The van der Waals surface area contributed by atoms with Crippen molar-refractivity contribution < 1.29 is 9.18 Å². The van der Waals surface area contributed by atoms with Gasteiger partial charge in [-0.05, 0) is 26.0 Å². The van der Waals surface area contributed by atoms with Gasteiger partial charge in [0.25, 0.3) is 5.91 Å². The lowest BCUT2D eigenvalue weighted by Crippen LogP contribution is -2.13. The Morgan fingerprint density at radius 1 is 1.21 bits per heavy atom. The molecule has 4 aromatic heterocycles. The van der Waals surface area contributed by atoms with Crippen molar-refractivity contribution in [1.29, 1.82) is 0 Å². The second-order valence-corrected chi connectivity index (χ2v) is 8.05. The number of carbonyl (C=O) groups excluding carboxylic acids is 1. The highest BCUT2D eigenvalue weighted by molar-refractivity contribution is 6.35. The molecule has 1 aromatic carbocycles. The number of carbonyl (C=O) groups is 1. The summed E-state index contributed by atoms with van der Waals surface area (Å²) in [6.45, 7) is 3.81. The van der Waals surface area contributed by atoms with E-state index in [0.717, 1.165) is 0 Å². The summed E-state index contributed by atoms with van der Waals surface area (Å²) >= 11 is 6.46. The molecule has 0 saturated heterocycles. The first-order chi connectivity index (χ1) is 15.9. The van der Waals surface area contributed by atoms with Gasteiger partial charge in [0.15, 0.2) is 17.3 Å². The summed E-state index contributed by atoms with van der Waals surface area (Å²) in [5.74, 6) is -0.648. The molecule has 3 N–H and O–H groups in total. The maximum absolute atomic E-state index is 15.2. The van der Waals surface area contributed by atoms with Crippen molar-refractivity contribution in [2.24, 2.45) is 0 Å². The minimum Gasteiger partial charge on any atom is -0.379 e. The van der Waals surface area contributed by atoms with E-state index in [2.05, 4.69) is 35.8 Å². The number of nitrogens with one attached hydrogen (secondary N) is 3. The smallest absolute Gasteiger partial charge is 0.275 e. The molecule has 0 unspecified atom stereocenters. The molecule has 0 aliphatic heterocycles. The summed E-state index contributed by atoms with van der Waals surface area (Å²) in [6, 6.07) is 5.05. The lowest BCUT2D eigenvalue weighted by atomic mass is 10.1. The number of anilines is 2. The minimum absolute atomic E-state index is 0.00643. The summed E-state index contributed by atoms with van der Waals surface area (Å²) in [5.41, 5.74) is 2.35. The predicted molar refractivity (Wildman–Crippen MR) is 124 cm³/mol. The number of nitrogens with zero attached hydrogens (tertiary/aromatic N) is 5. The zero-order chi connectivity index (χ0) is 23.1. The molecule has 9 nitrogen and oxygen atoms in total. The van der Waals surface area contributed by atoms with Crippen LogP contribution in [0.5, 0.6) is 0 Å². The molecule has 5 rings (SSSR count). The number of benzene rings is 1. The quantitative estimate of drug-likeness (QED) is 0.352. The van der Waals surface area contributed by atoms with E-state index in [0.29, 0.717) is 33.6 Å². The van der Waals surface area contributed by atoms with Crippen LogP contribution in [0.4, 0.5) is 15.9 Å². The van der Waals surface area contributed by atoms with Gasteiger partial charge in [-0.15, -0.1) is 0 Å². The monoisotopic (exact) mass is 464 g/mol. The van der Waals surface area contributed by atoms with Crippen LogP contribution in [-0.2, 0) is 0 Å². The number of aromatic amines is 1. The van der Waals surface area contributed by atoms with Crippen LogP contribution in [0.25, 0.3) is 27.8 Å². The Morgan fingerprint density at radius 3 is 2.82 bits per heavy atom. The number of fused-ring (bicyclic) bond motifs is 2. The summed E-state index contributed by atoms with van der Waals surface area (Å²) in [6.07, 6.45) is 7.94. The molecule has 33 heavy (non-hydrogen) atoms. The molecule has 5 aromatic rings. The average molecular weight is 465 g/mol. The van der Waals surface area contributed by atoms with Crippen molar-refractivity contribution >= 4 is 45.6 Å². The van der Waals surface area contributed by atoms with Gasteiger partial charge in [0.2, 0.25) is 0 Å². The van der Waals surface area contributed by atoms with Crippen LogP contribution in [0.2, 0.25) is 5.02 Å². The second-order valence-electron chi connectivity index (χ2n) is 7.67. The van der Waals surface area contributed by atoms with Crippen molar-refractivity contribution in [3.8, 4) is 11.3 Å². The second kappa shape index (κ2) is 8.14. The van der Waals surface area contributed by atoms with E-state index in [9.17, 15) is 4.79 Å². The van der Waals surface area contributed by atoms with Gasteiger partial charge >= 0.3 is 0 Å². The van der Waals surface area contributed by atoms with Crippen molar-refractivity contribution in [2.45, 2.75) is 19.9 Å². The van der Waals surface area contributed by atoms with Crippen LogP contribution < -0.4 is 10.6 Å². The van der Waals surface area contributed by atoms with Gasteiger partial charge in [-0.25, -0.2) is 9.37 Å². The topological polar surface area (TPSA) is 113 Å². The highest BCUT2D eigenvalue weighted by Crippen LogP contribution is 2.40. The maximum atomic E-state index is 15.2. The molecule has 0 spiro atoms. The first kappa shape index (κ1) is 20.8.